The lowest BCUT2D eigenvalue weighted by molar-refractivity contribution is 0.316. The third-order valence-corrected chi connectivity index (χ3v) is 5.85. The molecule has 0 aromatic carbocycles. The Labute approximate surface area is 176 Å². The zero-order valence-electron chi connectivity index (χ0n) is 15.3. The van der Waals surface area contributed by atoms with Crippen molar-refractivity contribution in [2.24, 2.45) is 10.9 Å². The van der Waals surface area contributed by atoms with Gasteiger partial charge in [0.15, 0.2) is 17.4 Å². The highest BCUT2D eigenvalue weighted by molar-refractivity contribution is 14.0. The number of nitrogens with one attached hydrogen (secondary N) is 3. The highest BCUT2D eigenvalue weighted by atomic mass is 127. The second kappa shape index (κ2) is 10.2. The molecule has 0 aliphatic heterocycles. The number of pyridine rings is 1. The summed E-state index contributed by atoms with van der Waals surface area (Å²) in [5.41, 5.74) is 0.774. The number of hydrogen-bond acceptors (Lipinski definition) is 5. The van der Waals surface area contributed by atoms with E-state index in [9.17, 15) is 8.42 Å². The van der Waals surface area contributed by atoms with Crippen molar-refractivity contribution in [1.29, 1.82) is 0 Å². The maximum atomic E-state index is 12.0. The summed E-state index contributed by atoms with van der Waals surface area (Å²) < 4.78 is 28.6. The molecule has 2 heterocycles. The van der Waals surface area contributed by atoms with E-state index < -0.39 is 10.0 Å². The number of aliphatic imine (C=N–C) groups is 1. The Morgan fingerprint density at radius 2 is 2.11 bits per heavy atom. The molecular weight excluding hydrogens is 481 g/mol. The van der Waals surface area contributed by atoms with E-state index in [-0.39, 0.29) is 36.3 Å². The summed E-state index contributed by atoms with van der Waals surface area (Å²) in [6.45, 7) is 1.26. The van der Waals surface area contributed by atoms with Crippen molar-refractivity contribution in [3.05, 3.63) is 30.2 Å². The Balaban J connectivity index is 0.00000261. The van der Waals surface area contributed by atoms with E-state index in [4.69, 9.17) is 0 Å². The van der Waals surface area contributed by atoms with E-state index in [2.05, 4.69) is 30.5 Å². The van der Waals surface area contributed by atoms with E-state index in [1.54, 1.807) is 7.05 Å². The molecular formula is C16H26IN7O2S. The van der Waals surface area contributed by atoms with Crippen LogP contribution in [0.3, 0.4) is 0 Å². The van der Waals surface area contributed by atoms with Gasteiger partial charge in [0.25, 0.3) is 0 Å². The summed E-state index contributed by atoms with van der Waals surface area (Å²) in [6.07, 6.45) is 5.34. The molecule has 2 aromatic heterocycles. The topological polar surface area (TPSA) is 113 Å². The van der Waals surface area contributed by atoms with Crippen molar-refractivity contribution in [3.8, 4) is 0 Å². The van der Waals surface area contributed by atoms with E-state index in [1.165, 1.54) is 6.42 Å². The molecule has 150 valence electrons. The summed E-state index contributed by atoms with van der Waals surface area (Å²) in [7, 11) is -1.63. The molecule has 0 amide bonds. The average Bonchev–Trinajstić information content (AvgIpc) is 2.99. The highest BCUT2D eigenvalue weighted by Crippen LogP contribution is 2.25. The minimum absolute atomic E-state index is 0. The molecule has 9 nitrogen and oxygen atoms in total. The van der Waals surface area contributed by atoms with Crippen LogP contribution in [-0.2, 0) is 16.6 Å². The van der Waals surface area contributed by atoms with Crippen molar-refractivity contribution in [2.75, 3.05) is 25.9 Å². The van der Waals surface area contributed by atoms with Crippen LogP contribution in [-0.4, -0.2) is 54.9 Å². The monoisotopic (exact) mass is 507 g/mol. The lowest BCUT2D eigenvalue weighted by Gasteiger charge is -2.25. The van der Waals surface area contributed by atoms with Crippen LogP contribution in [0.1, 0.15) is 25.1 Å². The maximum absolute atomic E-state index is 12.0. The molecule has 1 aliphatic rings. The molecule has 0 unspecified atom stereocenters. The summed E-state index contributed by atoms with van der Waals surface area (Å²) in [4.78, 5) is 4.11. The van der Waals surface area contributed by atoms with Gasteiger partial charge < -0.3 is 10.6 Å². The number of aromatic nitrogens is 3. The predicted octanol–water partition coefficient (Wildman–Crippen LogP) is 0.732. The third-order valence-electron chi connectivity index (χ3n) is 4.50. The minimum Gasteiger partial charge on any atom is -0.355 e. The third kappa shape index (κ3) is 6.28. The smallest absolute Gasteiger partial charge is 0.213 e. The molecule has 0 saturated heterocycles. The van der Waals surface area contributed by atoms with Gasteiger partial charge in [-0.3, -0.25) is 9.39 Å². The standard InChI is InChI=1S/C16H25N7O2S.HI/c1-17-16(18-8-10-26(24,25)20-11-13-5-4-6-13)19-12-15-22-21-14-7-2-3-9-23(14)15;/h2-3,7,9,13,20H,4-6,8,10-12H2,1H3,(H2,17,18,19);1H. The number of rotatable bonds is 8. The molecule has 0 spiro atoms. The molecule has 0 bridgehead atoms. The molecule has 3 N–H and O–H groups in total. The molecule has 2 aromatic rings. The van der Waals surface area contributed by atoms with Gasteiger partial charge >= 0.3 is 0 Å². The number of fused-ring (bicyclic) bond motifs is 1. The lowest BCUT2D eigenvalue weighted by Crippen LogP contribution is -2.42. The van der Waals surface area contributed by atoms with Crippen LogP contribution < -0.4 is 15.4 Å². The zero-order valence-corrected chi connectivity index (χ0v) is 18.4. The number of guanidine groups is 1. The first-order chi connectivity index (χ1) is 12.6. The summed E-state index contributed by atoms with van der Waals surface area (Å²) in [5.74, 6) is 1.78. The van der Waals surface area contributed by atoms with Crippen LogP contribution >= 0.6 is 24.0 Å². The normalized spacial score (nSPS) is 15.2. The lowest BCUT2D eigenvalue weighted by atomic mass is 9.86. The van der Waals surface area contributed by atoms with Crippen molar-refractivity contribution in [2.45, 2.75) is 25.8 Å². The van der Waals surface area contributed by atoms with Gasteiger partial charge in [0.05, 0.1) is 12.3 Å². The first kappa shape index (κ1) is 21.8. The maximum Gasteiger partial charge on any atom is 0.213 e. The fraction of sp³-hybridized carbons (Fsp3) is 0.562. The Hall–Kier alpha value is -1.47. The summed E-state index contributed by atoms with van der Waals surface area (Å²) in [6, 6.07) is 5.70. The van der Waals surface area contributed by atoms with Gasteiger partial charge in [-0.15, -0.1) is 34.2 Å². The van der Waals surface area contributed by atoms with Gasteiger partial charge in [-0.2, -0.15) is 0 Å². The molecule has 0 atom stereocenters. The first-order valence-electron chi connectivity index (χ1n) is 8.78. The summed E-state index contributed by atoms with van der Waals surface area (Å²) >= 11 is 0. The van der Waals surface area contributed by atoms with Crippen LogP contribution in [0.5, 0.6) is 0 Å². The van der Waals surface area contributed by atoms with Crippen LogP contribution in [0.4, 0.5) is 0 Å². The van der Waals surface area contributed by atoms with Gasteiger partial charge in [-0.1, -0.05) is 12.5 Å². The molecule has 11 heteroatoms. The van der Waals surface area contributed by atoms with Crippen LogP contribution in [0.2, 0.25) is 0 Å². The molecule has 3 rings (SSSR count). The van der Waals surface area contributed by atoms with Crippen LogP contribution in [0.15, 0.2) is 29.4 Å². The van der Waals surface area contributed by atoms with Crippen LogP contribution in [0.25, 0.3) is 5.65 Å². The second-order valence-corrected chi connectivity index (χ2v) is 8.29. The second-order valence-electron chi connectivity index (χ2n) is 6.36. The quantitative estimate of drug-likeness (QED) is 0.276. The number of sulfonamides is 1. The largest absolute Gasteiger partial charge is 0.355 e. The van der Waals surface area contributed by atoms with Gasteiger partial charge in [0.1, 0.15) is 0 Å². The van der Waals surface area contributed by atoms with Gasteiger partial charge in [-0.25, -0.2) is 13.1 Å². The molecule has 0 radical (unpaired) electrons. The zero-order chi connectivity index (χ0) is 18.4. The number of nitrogens with zero attached hydrogens (tertiary/aromatic N) is 4. The van der Waals surface area contributed by atoms with Crippen molar-refractivity contribution in [1.82, 2.24) is 30.0 Å². The average molecular weight is 507 g/mol. The Morgan fingerprint density at radius 3 is 2.81 bits per heavy atom. The van der Waals surface area contributed by atoms with E-state index in [1.807, 2.05) is 28.8 Å². The SMILES string of the molecule is CN=C(NCCS(=O)(=O)NCC1CCC1)NCc1nnc2ccccn12.I. The van der Waals surface area contributed by atoms with Gasteiger partial charge in [-0.05, 0) is 30.9 Å². The molecule has 1 fully saturated rings. The minimum atomic E-state index is -3.27. The fourth-order valence-corrected chi connectivity index (χ4v) is 3.72. The van der Waals surface area contributed by atoms with Gasteiger partial charge in [0, 0.05) is 26.3 Å². The van der Waals surface area contributed by atoms with E-state index >= 15 is 0 Å². The van der Waals surface area contributed by atoms with Gasteiger partial charge in [0.2, 0.25) is 10.0 Å². The highest BCUT2D eigenvalue weighted by Gasteiger charge is 2.20. The first-order valence-corrected chi connectivity index (χ1v) is 10.4. The fourth-order valence-electron chi connectivity index (χ4n) is 2.71. The summed E-state index contributed by atoms with van der Waals surface area (Å²) in [5, 5.41) is 14.4. The predicted molar refractivity (Wildman–Crippen MR) is 116 cm³/mol. The molecule has 27 heavy (non-hydrogen) atoms. The molecule has 1 aliphatic carbocycles. The molecule has 1 saturated carbocycles. The van der Waals surface area contributed by atoms with Crippen molar-refractivity contribution in [3.63, 3.8) is 0 Å². The number of halogens is 1. The Bertz CT molecular complexity index is 865. The van der Waals surface area contributed by atoms with Crippen molar-refractivity contribution >= 4 is 45.6 Å². The van der Waals surface area contributed by atoms with E-state index in [0.717, 1.165) is 24.3 Å². The number of hydrogen-bond donors (Lipinski definition) is 3. The van der Waals surface area contributed by atoms with Crippen molar-refractivity contribution < 1.29 is 8.42 Å². The van der Waals surface area contributed by atoms with Crippen LogP contribution in [0, 0.1) is 5.92 Å². The van der Waals surface area contributed by atoms with E-state index in [0.29, 0.717) is 25.0 Å². The Morgan fingerprint density at radius 1 is 1.30 bits per heavy atom. The Kier molecular flexibility index (Phi) is 8.23.